The van der Waals surface area contributed by atoms with Crippen LogP contribution >= 0.6 is 0 Å². The van der Waals surface area contributed by atoms with Crippen molar-refractivity contribution in [2.75, 3.05) is 51.3 Å². The van der Waals surface area contributed by atoms with Gasteiger partial charge in [0.05, 0.1) is 6.10 Å². The Bertz CT molecular complexity index is 643. The van der Waals surface area contributed by atoms with Crippen molar-refractivity contribution >= 4 is 11.6 Å². The van der Waals surface area contributed by atoms with Crippen LogP contribution in [0.2, 0.25) is 0 Å². The molecular formula is C24H40N4O2. The second kappa shape index (κ2) is 12.2. The number of nitrogens with one attached hydrogen (secondary N) is 2. The average molecular weight is 417 g/mol. The van der Waals surface area contributed by atoms with Gasteiger partial charge in [-0.3, -0.25) is 4.99 Å². The van der Waals surface area contributed by atoms with Gasteiger partial charge in [0, 0.05) is 38.5 Å². The summed E-state index contributed by atoms with van der Waals surface area (Å²) in [6.45, 7) is 13.3. The molecule has 6 nitrogen and oxygen atoms in total. The van der Waals surface area contributed by atoms with Gasteiger partial charge < -0.3 is 25.0 Å². The number of aliphatic imine (C=N–C) groups is 1. The standard InChI is InChI=1S/C24H40N4O2/c1-4-28-14-12-21(17-28)16-26-24(25-13-5-15-29-18-20-6-7-20)27-22-8-10-23(11-9-22)30-19(2)3/h8-11,19-21H,4-7,12-18H2,1-3H3,(H2,25,26,27). The maximum atomic E-state index is 5.75. The fourth-order valence-electron chi connectivity index (χ4n) is 3.65. The van der Waals surface area contributed by atoms with Gasteiger partial charge >= 0.3 is 0 Å². The summed E-state index contributed by atoms with van der Waals surface area (Å²) in [6, 6.07) is 8.09. The Morgan fingerprint density at radius 1 is 1.17 bits per heavy atom. The first-order valence-corrected chi connectivity index (χ1v) is 11.7. The summed E-state index contributed by atoms with van der Waals surface area (Å²) in [4.78, 5) is 7.40. The van der Waals surface area contributed by atoms with E-state index in [2.05, 4.69) is 22.5 Å². The van der Waals surface area contributed by atoms with Gasteiger partial charge in [0.2, 0.25) is 0 Å². The van der Waals surface area contributed by atoms with Gasteiger partial charge in [-0.05, 0) is 88.7 Å². The zero-order valence-electron chi connectivity index (χ0n) is 19.0. The van der Waals surface area contributed by atoms with Gasteiger partial charge in [0.25, 0.3) is 0 Å². The molecule has 1 saturated heterocycles. The molecule has 1 atom stereocenters. The van der Waals surface area contributed by atoms with E-state index in [-0.39, 0.29) is 6.10 Å². The molecular weight excluding hydrogens is 376 g/mol. The molecule has 0 radical (unpaired) electrons. The summed E-state index contributed by atoms with van der Waals surface area (Å²) in [6.07, 6.45) is 5.09. The number of nitrogens with zero attached hydrogens (tertiary/aromatic N) is 2. The molecule has 1 saturated carbocycles. The van der Waals surface area contributed by atoms with Crippen molar-refractivity contribution in [3.63, 3.8) is 0 Å². The largest absolute Gasteiger partial charge is 0.491 e. The third kappa shape index (κ3) is 8.52. The summed E-state index contributed by atoms with van der Waals surface area (Å²) in [7, 11) is 0. The molecule has 0 amide bonds. The monoisotopic (exact) mass is 416 g/mol. The summed E-state index contributed by atoms with van der Waals surface area (Å²) in [5.41, 5.74) is 1.02. The van der Waals surface area contributed by atoms with Crippen LogP contribution in [0.25, 0.3) is 0 Å². The molecule has 1 heterocycles. The Morgan fingerprint density at radius 2 is 1.97 bits per heavy atom. The van der Waals surface area contributed by atoms with Crippen molar-refractivity contribution in [3.8, 4) is 5.75 Å². The van der Waals surface area contributed by atoms with Gasteiger partial charge in [-0.25, -0.2) is 0 Å². The van der Waals surface area contributed by atoms with Gasteiger partial charge in [-0.15, -0.1) is 0 Å². The summed E-state index contributed by atoms with van der Waals surface area (Å²) < 4.78 is 11.5. The lowest BCUT2D eigenvalue weighted by Crippen LogP contribution is -2.33. The van der Waals surface area contributed by atoms with Gasteiger partial charge in [-0.1, -0.05) is 6.92 Å². The maximum Gasteiger partial charge on any atom is 0.195 e. The molecule has 6 heteroatoms. The van der Waals surface area contributed by atoms with Crippen molar-refractivity contribution < 1.29 is 9.47 Å². The zero-order chi connectivity index (χ0) is 21.2. The quantitative estimate of drug-likeness (QED) is 0.307. The Balaban J connectivity index is 1.48. The number of rotatable bonds is 12. The van der Waals surface area contributed by atoms with E-state index in [0.717, 1.165) is 69.1 Å². The predicted octanol–water partition coefficient (Wildman–Crippen LogP) is 3.99. The van der Waals surface area contributed by atoms with Crippen molar-refractivity contribution in [3.05, 3.63) is 24.3 Å². The average Bonchev–Trinajstić information content (AvgIpc) is 3.44. The predicted molar refractivity (Wildman–Crippen MR) is 125 cm³/mol. The van der Waals surface area contributed by atoms with Crippen LogP contribution in [-0.4, -0.2) is 62.9 Å². The van der Waals surface area contributed by atoms with Crippen LogP contribution < -0.4 is 15.4 Å². The molecule has 30 heavy (non-hydrogen) atoms. The van der Waals surface area contributed by atoms with Crippen LogP contribution in [0.1, 0.15) is 46.5 Å². The number of likely N-dealkylation sites (tertiary alicyclic amines) is 1. The molecule has 2 aliphatic rings. The highest BCUT2D eigenvalue weighted by molar-refractivity contribution is 5.93. The highest BCUT2D eigenvalue weighted by Gasteiger charge is 2.21. The minimum Gasteiger partial charge on any atom is -0.491 e. The number of benzene rings is 1. The second-order valence-electron chi connectivity index (χ2n) is 8.85. The van der Waals surface area contributed by atoms with Gasteiger partial charge in [0.15, 0.2) is 5.96 Å². The van der Waals surface area contributed by atoms with E-state index in [4.69, 9.17) is 14.5 Å². The molecule has 1 aliphatic heterocycles. The fraction of sp³-hybridized carbons (Fsp3) is 0.708. The first-order chi connectivity index (χ1) is 14.6. The molecule has 168 valence electrons. The maximum absolute atomic E-state index is 5.75. The molecule has 1 aromatic rings. The van der Waals surface area contributed by atoms with Crippen molar-refractivity contribution in [2.45, 2.75) is 52.6 Å². The molecule has 0 aromatic heterocycles. The lowest BCUT2D eigenvalue weighted by Gasteiger charge is -2.16. The van der Waals surface area contributed by atoms with E-state index in [1.165, 1.54) is 25.8 Å². The molecule has 3 rings (SSSR count). The van der Waals surface area contributed by atoms with E-state index in [9.17, 15) is 0 Å². The van der Waals surface area contributed by atoms with Crippen LogP contribution in [-0.2, 0) is 4.74 Å². The summed E-state index contributed by atoms with van der Waals surface area (Å²) in [5.74, 6) is 3.21. The molecule has 2 fully saturated rings. The Kier molecular flexibility index (Phi) is 9.27. The second-order valence-corrected chi connectivity index (χ2v) is 8.85. The summed E-state index contributed by atoms with van der Waals surface area (Å²) >= 11 is 0. The minimum atomic E-state index is 0.179. The number of hydrogen-bond donors (Lipinski definition) is 2. The molecule has 1 unspecified atom stereocenters. The first-order valence-electron chi connectivity index (χ1n) is 11.7. The van der Waals surface area contributed by atoms with Gasteiger partial charge in [0.1, 0.15) is 5.75 Å². The normalized spacial score (nSPS) is 20.0. The first kappa shape index (κ1) is 22.9. The third-order valence-corrected chi connectivity index (χ3v) is 5.62. The van der Waals surface area contributed by atoms with Crippen LogP contribution in [0.15, 0.2) is 29.3 Å². The highest BCUT2D eigenvalue weighted by Crippen LogP contribution is 2.28. The number of hydrogen-bond acceptors (Lipinski definition) is 4. The summed E-state index contributed by atoms with van der Waals surface area (Å²) in [5, 5.41) is 6.94. The van der Waals surface area contributed by atoms with E-state index in [1.54, 1.807) is 0 Å². The fourth-order valence-corrected chi connectivity index (χ4v) is 3.65. The molecule has 1 aromatic carbocycles. The lowest BCUT2D eigenvalue weighted by molar-refractivity contribution is 0.123. The van der Waals surface area contributed by atoms with E-state index in [1.807, 2.05) is 38.1 Å². The zero-order valence-corrected chi connectivity index (χ0v) is 19.0. The Hall–Kier alpha value is -1.79. The van der Waals surface area contributed by atoms with E-state index >= 15 is 0 Å². The topological polar surface area (TPSA) is 58.1 Å². The van der Waals surface area contributed by atoms with Crippen LogP contribution in [0.5, 0.6) is 5.75 Å². The third-order valence-electron chi connectivity index (χ3n) is 5.62. The van der Waals surface area contributed by atoms with E-state index < -0.39 is 0 Å². The molecule has 0 bridgehead atoms. The lowest BCUT2D eigenvalue weighted by atomic mass is 10.1. The number of anilines is 1. The highest BCUT2D eigenvalue weighted by atomic mass is 16.5. The van der Waals surface area contributed by atoms with Crippen LogP contribution in [0.3, 0.4) is 0 Å². The van der Waals surface area contributed by atoms with Crippen LogP contribution in [0, 0.1) is 11.8 Å². The molecule has 0 spiro atoms. The Labute approximate surface area is 182 Å². The molecule has 2 N–H and O–H groups in total. The number of ether oxygens (including phenoxy) is 2. The Morgan fingerprint density at radius 3 is 2.63 bits per heavy atom. The van der Waals surface area contributed by atoms with Gasteiger partial charge in [-0.2, -0.15) is 0 Å². The molecule has 1 aliphatic carbocycles. The SMILES string of the molecule is CCN1CCC(CN=C(NCCCOCC2CC2)Nc2ccc(OC(C)C)cc2)C1. The van der Waals surface area contributed by atoms with Crippen molar-refractivity contribution in [2.24, 2.45) is 16.8 Å². The van der Waals surface area contributed by atoms with Crippen molar-refractivity contribution in [1.82, 2.24) is 10.2 Å². The minimum absolute atomic E-state index is 0.179. The van der Waals surface area contributed by atoms with E-state index in [0.29, 0.717) is 5.92 Å². The number of guanidine groups is 1. The smallest absolute Gasteiger partial charge is 0.195 e. The van der Waals surface area contributed by atoms with Crippen molar-refractivity contribution in [1.29, 1.82) is 0 Å². The van der Waals surface area contributed by atoms with Crippen LogP contribution in [0.4, 0.5) is 5.69 Å².